The van der Waals surface area contributed by atoms with Gasteiger partial charge in [0.05, 0.1) is 17.8 Å². The van der Waals surface area contributed by atoms with Crippen LogP contribution in [0.15, 0.2) is 0 Å². The second-order valence-corrected chi connectivity index (χ2v) is 5.67. The maximum atomic E-state index is 11.9. The highest BCUT2D eigenvalue weighted by atomic mass is 32.1. The van der Waals surface area contributed by atoms with Gasteiger partial charge in [0.15, 0.2) is 5.13 Å². The van der Waals surface area contributed by atoms with Crippen LogP contribution in [0.3, 0.4) is 0 Å². The normalized spacial score (nSPS) is 27.1. The molecule has 3 N–H and O–H groups in total. The predicted octanol–water partition coefficient (Wildman–Crippen LogP) is 0.293. The molecule has 5 nitrogen and oxygen atoms in total. The van der Waals surface area contributed by atoms with Crippen molar-refractivity contribution in [2.24, 2.45) is 0 Å². The van der Waals surface area contributed by atoms with Crippen LogP contribution in [0, 0.1) is 0 Å². The van der Waals surface area contributed by atoms with Crippen LogP contribution < -0.4 is 10.6 Å². The summed E-state index contributed by atoms with van der Waals surface area (Å²) >= 11 is 1.58. The molecule has 1 fully saturated rings. The zero-order valence-electron chi connectivity index (χ0n) is 9.40. The van der Waals surface area contributed by atoms with Crippen molar-refractivity contribution in [2.45, 2.75) is 37.8 Å². The van der Waals surface area contributed by atoms with Crippen molar-refractivity contribution < 1.29 is 9.90 Å². The molecule has 17 heavy (non-hydrogen) atoms. The summed E-state index contributed by atoms with van der Waals surface area (Å²) in [7, 11) is 0. The van der Waals surface area contributed by atoms with Gasteiger partial charge in [0.2, 0.25) is 5.91 Å². The number of fused-ring (bicyclic) bond motifs is 1. The van der Waals surface area contributed by atoms with Gasteiger partial charge in [-0.2, -0.15) is 0 Å². The molecule has 1 amide bonds. The third-order valence-corrected chi connectivity index (χ3v) is 4.32. The van der Waals surface area contributed by atoms with Gasteiger partial charge in [0, 0.05) is 11.4 Å². The molecule has 1 saturated heterocycles. The number of nitrogens with zero attached hydrogens (tertiary/aromatic N) is 1. The van der Waals surface area contributed by atoms with E-state index in [4.69, 9.17) is 0 Å². The van der Waals surface area contributed by atoms with E-state index in [-0.39, 0.29) is 11.9 Å². The van der Waals surface area contributed by atoms with Gasteiger partial charge >= 0.3 is 0 Å². The molecule has 3 rings (SSSR count). The van der Waals surface area contributed by atoms with E-state index >= 15 is 0 Å². The number of hydrogen-bond donors (Lipinski definition) is 3. The molecule has 0 radical (unpaired) electrons. The van der Waals surface area contributed by atoms with Gasteiger partial charge in [-0.1, -0.05) is 0 Å². The average molecular weight is 253 g/mol. The van der Waals surface area contributed by atoms with Crippen LogP contribution in [0.1, 0.15) is 23.4 Å². The monoisotopic (exact) mass is 253 g/mol. The summed E-state index contributed by atoms with van der Waals surface area (Å²) in [6, 6.07) is -0.288. The van der Waals surface area contributed by atoms with Crippen molar-refractivity contribution in [2.75, 3.05) is 11.9 Å². The fraction of sp³-hybridized carbons (Fsp3) is 0.636. The summed E-state index contributed by atoms with van der Waals surface area (Å²) < 4.78 is 0. The van der Waals surface area contributed by atoms with E-state index in [0.717, 1.165) is 18.5 Å². The third-order valence-electron chi connectivity index (χ3n) is 3.25. The van der Waals surface area contributed by atoms with Gasteiger partial charge < -0.3 is 15.7 Å². The molecule has 0 bridgehead atoms. The number of β-amino-alcohol motifs (C(OH)–C–C–N with tert-alkyl or cyclic N) is 1. The number of amides is 1. The maximum absolute atomic E-state index is 11.9. The highest BCUT2D eigenvalue weighted by Crippen LogP contribution is 2.30. The zero-order valence-corrected chi connectivity index (χ0v) is 10.2. The smallest absolute Gasteiger partial charge is 0.243 e. The molecule has 1 aliphatic carbocycles. The Hall–Kier alpha value is -0.980. The van der Waals surface area contributed by atoms with Crippen LogP contribution >= 0.6 is 11.3 Å². The molecule has 1 aromatic rings. The van der Waals surface area contributed by atoms with Crippen molar-refractivity contribution in [3.8, 4) is 0 Å². The van der Waals surface area contributed by atoms with E-state index in [2.05, 4.69) is 15.6 Å². The minimum atomic E-state index is -0.410. The fourth-order valence-corrected chi connectivity index (χ4v) is 3.41. The Morgan fingerprint density at radius 3 is 3.12 bits per heavy atom. The van der Waals surface area contributed by atoms with Gasteiger partial charge in [-0.15, -0.1) is 11.3 Å². The number of nitrogens with one attached hydrogen (secondary N) is 2. The Morgan fingerprint density at radius 2 is 2.41 bits per heavy atom. The summed E-state index contributed by atoms with van der Waals surface area (Å²) in [6.45, 7) is 0.493. The number of aliphatic hydroxyl groups excluding tert-OH is 1. The van der Waals surface area contributed by atoms with Gasteiger partial charge in [0.25, 0.3) is 0 Å². The molecule has 1 aliphatic heterocycles. The lowest BCUT2D eigenvalue weighted by Crippen LogP contribution is -2.35. The number of carbonyl (C=O) groups is 1. The lowest BCUT2D eigenvalue weighted by molar-refractivity contribution is -0.117. The molecular weight excluding hydrogens is 238 g/mol. The number of aliphatic hydroxyl groups is 1. The number of aromatic nitrogens is 1. The van der Waals surface area contributed by atoms with Gasteiger partial charge in [-0.05, 0) is 25.7 Å². The first kappa shape index (κ1) is 11.1. The Kier molecular flexibility index (Phi) is 2.85. The third kappa shape index (κ3) is 2.20. The molecular formula is C11H15N3O2S. The summed E-state index contributed by atoms with van der Waals surface area (Å²) in [5, 5.41) is 15.9. The standard InChI is InChI=1S/C11H15N3O2S/c15-6-4-8(12-5-6)10(16)14-11-13-7-2-1-3-9(7)17-11/h6,8,12,15H,1-5H2,(H,13,14,16). The Morgan fingerprint density at radius 1 is 1.53 bits per heavy atom. The first-order valence-corrected chi connectivity index (χ1v) is 6.75. The van der Waals surface area contributed by atoms with Crippen molar-refractivity contribution >= 4 is 22.4 Å². The summed E-state index contributed by atoms with van der Waals surface area (Å²) in [5.41, 5.74) is 1.14. The van der Waals surface area contributed by atoms with Crippen LogP contribution in [0.25, 0.3) is 0 Å². The minimum Gasteiger partial charge on any atom is -0.392 e. The van der Waals surface area contributed by atoms with Gasteiger partial charge in [0.1, 0.15) is 0 Å². The Bertz CT molecular complexity index is 424. The van der Waals surface area contributed by atoms with Crippen LogP contribution in [0.4, 0.5) is 5.13 Å². The second kappa shape index (κ2) is 4.36. The van der Waals surface area contributed by atoms with E-state index in [1.807, 2.05) is 0 Å². The second-order valence-electron chi connectivity index (χ2n) is 4.58. The maximum Gasteiger partial charge on any atom is 0.243 e. The van der Waals surface area contributed by atoms with E-state index in [1.54, 1.807) is 11.3 Å². The molecule has 6 heteroatoms. The fourth-order valence-electron chi connectivity index (χ4n) is 2.35. The van der Waals surface area contributed by atoms with Crippen LogP contribution in [0.2, 0.25) is 0 Å². The lowest BCUT2D eigenvalue weighted by atomic mass is 10.2. The summed E-state index contributed by atoms with van der Waals surface area (Å²) in [4.78, 5) is 17.6. The SMILES string of the molecule is O=C(Nc1nc2c(s1)CCC2)C1CC(O)CN1. The van der Waals surface area contributed by atoms with Crippen LogP contribution in [-0.2, 0) is 17.6 Å². The number of thiazole rings is 1. The first-order chi connectivity index (χ1) is 8.22. The molecule has 0 spiro atoms. The number of aryl methyl sites for hydroxylation is 2. The Balaban J connectivity index is 1.64. The summed E-state index contributed by atoms with van der Waals surface area (Å²) in [6.07, 6.45) is 3.37. The molecule has 0 saturated carbocycles. The molecule has 92 valence electrons. The van der Waals surface area contributed by atoms with Gasteiger partial charge in [-0.25, -0.2) is 4.98 Å². The minimum absolute atomic E-state index is 0.0889. The highest BCUT2D eigenvalue weighted by molar-refractivity contribution is 7.15. The molecule has 2 aliphatic rings. The largest absolute Gasteiger partial charge is 0.392 e. The quantitative estimate of drug-likeness (QED) is 0.708. The van der Waals surface area contributed by atoms with E-state index in [1.165, 1.54) is 11.3 Å². The molecule has 0 aromatic carbocycles. The number of hydrogen-bond acceptors (Lipinski definition) is 5. The van der Waals surface area contributed by atoms with Gasteiger partial charge in [-0.3, -0.25) is 4.79 Å². The highest BCUT2D eigenvalue weighted by Gasteiger charge is 2.29. The number of rotatable bonds is 2. The zero-order chi connectivity index (χ0) is 11.8. The van der Waals surface area contributed by atoms with Crippen molar-refractivity contribution in [1.82, 2.24) is 10.3 Å². The van der Waals surface area contributed by atoms with Crippen molar-refractivity contribution in [1.29, 1.82) is 0 Å². The lowest BCUT2D eigenvalue weighted by Gasteiger charge is -2.08. The number of carbonyl (C=O) groups excluding carboxylic acids is 1. The van der Waals surface area contributed by atoms with E-state index in [0.29, 0.717) is 18.1 Å². The number of anilines is 1. The molecule has 2 unspecified atom stereocenters. The molecule has 2 atom stereocenters. The first-order valence-electron chi connectivity index (χ1n) is 5.93. The summed E-state index contributed by atoms with van der Waals surface area (Å²) in [5.74, 6) is -0.0889. The van der Waals surface area contributed by atoms with Crippen molar-refractivity contribution in [3.63, 3.8) is 0 Å². The molecule has 2 heterocycles. The topological polar surface area (TPSA) is 74.2 Å². The van der Waals surface area contributed by atoms with E-state index in [9.17, 15) is 9.90 Å². The average Bonchev–Trinajstić information content (AvgIpc) is 2.92. The van der Waals surface area contributed by atoms with Crippen LogP contribution in [-0.4, -0.2) is 34.7 Å². The van der Waals surface area contributed by atoms with E-state index < -0.39 is 6.10 Å². The van der Waals surface area contributed by atoms with Crippen LogP contribution in [0.5, 0.6) is 0 Å². The molecule has 1 aromatic heterocycles. The van der Waals surface area contributed by atoms with Crippen molar-refractivity contribution in [3.05, 3.63) is 10.6 Å². The predicted molar refractivity (Wildman–Crippen MR) is 65.2 cm³/mol. The Labute approximate surface area is 103 Å².